The molecule has 0 spiro atoms. The smallest absolute Gasteiger partial charge is 0.340 e. The maximum atomic E-state index is 13.7. The number of aryl methyl sites for hydroxylation is 1. The standard InChI is InChI=1S/C23H17FN2O3/c1-14-19(23(28)29-2)20(15-7-4-3-5-8-15)21-18(25-14)11-12-26(22(21)27)17-10-6-9-16(24)13-17/h3-13H,1-2H3. The van der Waals surface area contributed by atoms with Crippen molar-refractivity contribution in [2.24, 2.45) is 0 Å². The minimum atomic E-state index is -0.573. The first-order chi connectivity index (χ1) is 14.0. The maximum absolute atomic E-state index is 13.7. The summed E-state index contributed by atoms with van der Waals surface area (Å²) in [4.78, 5) is 30.5. The first kappa shape index (κ1) is 18.6. The van der Waals surface area contributed by atoms with Crippen LogP contribution in [0.5, 0.6) is 0 Å². The number of ether oxygens (including phenoxy) is 1. The van der Waals surface area contributed by atoms with Gasteiger partial charge in [-0.25, -0.2) is 9.18 Å². The molecule has 2 heterocycles. The molecule has 0 aliphatic carbocycles. The summed E-state index contributed by atoms with van der Waals surface area (Å²) in [5, 5.41) is 0.272. The van der Waals surface area contributed by atoms with Gasteiger partial charge in [-0.1, -0.05) is 36.4 Å². The van der Waals surface area contributed by atoms with Crippen LogP contribution in [-0.2, 0) is 4.74 Å². The Morgan fingerprint density at radius 1 is 1.07 bits per heavy atom. The molecule has 0 radical (unpaired) electrons. The van der Waals surface area contributed by atoms with Crippen LogP contribution >= 0.6 is 0 Å². The molecule has 144 valence electrons. The van der Waals surface area contributed by atoms with Crippen molar-refractivity contribution in [2.45, 2.75) is 6.92 Å². The average molecular weight is 388 g/mol. The third-order valence-electron chi connectivity index (χ3n) is 4.76. The molecule has 0 saturated heterocycles. The summed E-state index contributed by atoms with van der Waals surface area (Å²) in [5.74, 6) is -1.02. The molecule has 2 aromatic heterocycles. The largest absolute Gasteiger partial charge is 0.465 e. The van der Waals surface area contributed by atoms with Crippen LogP contribution in [0.1, 0.15) is 16.1 Å². The lowest BCUT2D eigenvalue weighted by Gasteiger charge is -2.15. The van der Waals surface area contributed by atoms with Crippen LogP contribution in [-0.4, -0.2) is 22.6 Å². The predicted octanol–water partition coefficient (Wildman–Crippen LogP) is 4.29. The van der Waals surface area contributed by atoms with Gasteiger partial charge in [-0.2, -0.15) is 0 Å². The number of aromatic nitrogens is 2. The SMILES string of the molecule is COC(=O)c1c(C)nc2ccn(-c3cccc(F)c3)c(=O)c2c1-c1ccccc1. The van der Waals surface area contributed by atoms with Gasteiger partial charge in [0.1, 0.15) is 5.82 Å². The van der Waals surface area contributed by atoms with Gasteiger partial charge < -0.3 is 4.74 Å². The van der Waals surface area contributed by atoms with Crippen LogP contribution < -0.4 is 5.56 Å². The van der Waals surface area contributed by atoms with Gasteiger partial charge in [0.15, 0.2) is 0 Å². The van der Waals surface area contributed by atoms with Gasteiger partial charge in [0.2, 0.25) is 0 Å². The van der Waals surface area contributed by atoms with E-state index in [9.17, 15) is 14.0 Å². The molecule has 2 aromatic carbocycles. The van der Waals surface area contributed by atoms with Gasteiger partial charge in [0.25, 0.3) is 5.56 Å². The monoisotopic (exact) mass is 388 g/mol. The van der Waals surface area contributed by atoms with Crippen LogP contribution in [0.2, 0.25) is 0 Å². The van der Waals surface area contributed by atoms with E-state index in [0.717, 1.165) is 0 Å². The van der Waals surface area contributed by atoms with Crippen molar-refractivity contribution in [3.05, 3.63) is 94.3 Å². The Bertz CT molecular complexity index is 1300. The Kier molecular flexibility index (Phi) is 4.68. The summed E-state index contributed by atoms with van der Waals surface area (Å²) in [6, 6.07) is 16.6. The van der Waals surface area contributed by atoms with Gasteiger partial charge in [-0.05, 0) is 36.8 Å². The molecule has 4 rings (SSSR count). The van der Waals surface area contributed by atoms with Crippen molar-refractivity contribution in [1.82, 2.24) is 9.55 Å². The number of pyridine rings is 2. The lowest BCUT2D eigenvalue weighted by Crippen LogP contribution is -2.20. The third-order valence-corrected chi connectivity index (χ3v) is 4.76. The van der Waals surface area contributed by atoms with Gasteiger partial charge in [0, 0.05) is 11.8 Å². The molecule has 29 heavy (non-hydrogen) atoms. The Morgan fingerprint density at radius 2 is 1.83 bits per heavy atom. The van der Waals surface area contributed by atoms with Crippen LogP contribution in [0.4, 0.5) is 4.39 Å². The van der Waals surface area contributed by atoms with E-state index in [-0.39, 0.29) is 10.9 Å². The summed E-state index contributed by atoms with van der Waals surface area (Å²) >= 11 is 0. The van der Waals surface area contributed by atoms with Crippen molar-refractivity contribution in [1.29, 1.82) is 0 Å². The van der Waals surface area contributed by atoms with Crippen molar-refractivity contribution in [2.75, 3.05) is 7.11 Å². The molecule has 5 nitrogen and oxygen atoms in total. The van der Waals surface area contributed by atoms with Crippen molar-refractivity contribution < 1.29 is 13.9 Å². The van der Waals surface area contributed by atoms with E-state index in [4.69, 9.17) is 4.74 Å². The summed E-state index contributed by atoms with van der Waals surface area (Å²) in [7, 11) is 1.29. The van der Waals surface area contributed by atoms with E-state index in [1.165, 1.54) is 29.9 Å². The van der Waals surface area contributed by atoms with Gasteiger partial charge in [0.05, 0.1) is 35.0 Å². The lowest BCUT2D eigenvalue weighted by molar-refractivity contribution is 0.0600. The fourth-order valence-electron chi connectivity index (χ4n) is 3.47. The number of fused-ring (bicyclic) bond motifs is 1. The second-order valence-electron chi connectivity index (χ2n) is 6.54. The third kappa shape index (κ3) is 3.18. The molecule has 0 N–H and O–H groups in total. The number of hydrogen-bond donors (Lipinski definition) is 0. The topological polar surface area (TPSA) is 61.2 Å². The van der Waals surface area contributed by atoms with Crippen LogP contribution in [0.15, 0.2) is 71.7 Å². The molecule has 0 aliphatic rings. The van der Waals surface area contributed by atoms with E-state index in [1.54, 1.807) is 25.3 Å². The van der Waals surface area contributed by atoms with Gasteiger partial charge in [-0.3, -0.25) is 14.3 Å². The number of methoxy groups -OCH3 is 1. The number of halogens is 1. The van der Waals surface area contributed by atoms with Gasteiger partial charge in [-0.15, -0.1) is 0 Å². The Labute approximate surface area is 166 Å². The normalized spacial score (nSPS) is 10.9. The first-order valence-electron chi connectivity index (χ1n) is 8.97. The predicted molar refractivity (Wildman–Crippen MR) is 109 cm³/mol. The maximum Gasteiger partial charge on any atom is 0.340 e. The molecule has 6 heteroatoms. The van der Waals surface area contributed by atoms with E-state index >= 15 is 0 Å². The molecule has 0 saturated carbocycles. The zero-order valence-corrected chi connectivity index (χ0v) is 15.8. The number of carbonyl (C=O) groups is 1. The minimum absolute atomic E-state index is 0.236. The molecule has 0 bridgehead atoms. The van der Waals surface area contributed by atoms with Crippen molar-refractivity contribution in [3.8, 4) is 16.8 Å². The van der Waals surface area contributed by atoms with E-state index in [1.807, 2.05) is 30.3 Å². The molecule has 0 amide bonds. The summed E-state index contributed by atoms with van der Waals surface area (Å²) in [6.07, 6.45) is 1.55. The fourth-order valence-corrected chi connectivity index (χ4v) is 3.47. The summed E-state index contributed by atoms with van der Waals surface area (Å²) in [6.45, 7) is 1.70. The minimum Gasteiger partial charge on any atom is -0.465 e. The van der Waals surface area contributed by atoms with Crippen molar-refractivity contribution >= 4 is 16.9 Å². The van der Waals surface area contributed by atoms with Crippen LogP contribution in [0.25, 0.3) is 27.7 Å². The number of carbonyl (C=O) groups excluding carboxylic acids is 1. The second-order valence-corrected chi connectivity index (χ2v) is 6.54. The fraction of sp³-hybridized carbons (Fsp3) is 0.0870. The number of hydrogen-bond acceptors (Lipinski definition) is 4. The molecular formula is C23H17FN2O3. The van der Waals surface area contributed by atoms with Gasteiger partial charge >= 0.3 is 5.97 Å². The number of nitrogens with zero attached hydrogens (tertiary/aromatic N) is 2. The Balaban J connectivity index is 2.16. The summed E-state index contributed by atoms with van der Waals surface area (Å²) < 4.78 is 20.0. The molecule has 4 aromatic rings. The highest BCUT2D eigenvalue weighted by molar-refractivity contribution is 6.07. The zero-order chi connectivity index (χ0) is 20.5. The number of esters is 1. The number of rotatable bonds is 3. The van der Waals surface area contributed by atoms with Crippen molar-refractivity contribution in [3.63, 3.8) is 0 Å². The zero-order valence-electron chi connectivity index (χ0n) is 15.8. The first-order valence-corrected chi connectivity index (χ1v) is 8.97. The quantitative estimate of drug-likeness (QED) is 0.491. The molecule has 0 unspecified atom stereocenters. The van der Waals surface area contributed by atoms with Crippen LogP contribution in [0.3, 0.4) is 0 Å². The highest BCUT2D eigenvalue weighted by Gasteiger charge is 2.23. The molecular weight excluding hydrogens is 371 g/mol. The van der Waals surface area contributed by atoms with Crippen LogP contribution in [0, 0.1) is 12.7 Å². The molecule has 0 atom stereocenters. The lowest BCUT2D eigenvalue weighted by atomic mass is 9.95. The Morgan fingerprint density at radius 3 is 2.52 bits per heavy atom. The number of benzene rings is 2. The van der Waals surface area contributed by atoms with E-state index in [0.29, 0.717) is 28.0 Å². The second kappa shape index (κ2) is 7.31. The van der Waals surface area contributed by atoms with E-state index in [2.05, 4.69) is 4.98 Å². The molecule has 0 aliphatic heterocycles. The Hall–Kier alpha value is -3.80. The average Bonchev–Trinajstić information content (AvgIpc) is 2.73. The summed E-state index contributed by atoms with van der Waals surface area (Å²) in [5.41, 5.74) is 2.28. The highest BCUT2D eigenvalue weighted by Crippen LogP contribution is 2.32. The van der Waals surface area contributed by atoms with E-state index < -0.39 is 17.3 Å². The molecule has 0 fully saturated rings. The highest BCUT2D eigenvalue weighted by atomic mass is 19.1.